The predicted molar refractivity (Wildman–Crippen MR) is 70.2 cm³/mol. The Bertz CT molecular complexity index is 408. The molecule has 0 saturated heterocycles. The number of fused-ring (bicyclic) bond motifs is 1. The molecule has 2 rings (SSSR count). The Hall–Kier alpha value is -1.46. The van der Waals surface area contributed by atoms with E-state index in [0.29, 0.717) is 12.0 Å². The predicted octanol–water partition coefficient (Wildman–Crippen LogP) is 2.55. The zero-order valence-corrected chi connectivity index (χ0v) is 10.3. The van der Waals surface area contributed by atoms with Gasteiger partial charge in [-0.05, 0) is 12.5 Å². The van der Waals surface area contributed by atoms with Gasteiger partial charge in [0.25, 0.3) is 0 Å². The van der Waals surface area contributed by atoms with Gasteiger partial charge in [-0.2, -0.15) is 0 Å². The fourth-order valence-electron chi connectivity index (χ4n) is 2.21. The summed E-state index contributed by atoms with van der Waals surface area (Å²) in [5, 5.41) is 3.53. The summed E-state index contributed by atoms with van der Waals surface area (Å²) in [7, 11) is 0. The number of para-hydroxylation sites is 1. The van der Waals surface area contributed by atoms with Gasteiger partial charge in [0.1, 0.15) is 5.75 Å². The first kappa shape index (κ1) is 12.0. The summed E-state index contributed by atoms with van der Waals surface area (Å²) in [6.45, 7) is 3.88. The van der Waals surface area contributed by atoms with Crippen molar-refractivity contribution in [2.24, 2.45) is 0 Å². The van der Waals surface area contributed by atoms with Crippen LogP contribution in [0.25, 0.3) is 0 Å². The van der Waals surface area contributed by atoms with Crippen molar-refractivity contribution in [1.29, 1.82) is 0 Å². The Labute approximate surface area is 103 Å². The van der Waals surface area contributed by atoms with E-state index in [-0.39, 0.29) is 0 Å². The van der Waals surface area contributed by atoms with E-state index < -0.39 is 0 Å². The fourth-order valence-corrected chi connectivity index (χ4v) is 2.21. The van der Waals surface area contributed by atoms with Crippen LogP contribution in [0, 0.1) is 12.3 Å². The Morgan fingerprint density at radius 2 is 2.35 bits per heavy atom. The van der Waals surface area contributed by atoms with E-state index in [1.54, 1.807) is 0 Å². The van der Waals surface area contributed by atoms with Gasteiger partial charge in [0.15, 0.2) is 0 Å². The van der Waals surface area contributed by atoms with Crippen molar-refractivity contribution in [2.45, 2.75) is 31.7 Å². The lowest BCUT2D eigenvalue weighted by atomic mass is 10.0. The molecule has 17 heavy (non-hydrogen) atoms. The molecule has 0 radical (unpaired) electrons. The second kappa shape index (κ2) is 5.75. The molecular weight excluding hydrogens is 210 g/mol. The fraction of sp³-hybridized carbons (Fsp3) is 0.467. The standard InChI is InChI=1S/C15H19NO/c1-3-7-13(4-2)16-10-12-11-17-15-9-6-5-8-14(12)15/h1,5-6,8-9,12-13,16H,4,7,10-11H2,2H3. The second-order valence-corrected chi connectivity index (χ2v) is 4.47. The third-order valence-electron chi connectivity index (χ3n) is 3.31. The molecule has 0 bridgehead atoms. The molecule has 1 aromatic carbocycles. The minimum absolute atomic E-state index is 0.424. The Morgan fingerprint density at radius 3 is 3.12 bits per heavy atom. The van der Waals surface area contributed by atoms with Crippen molar-refractivity contribution < 1.29 is 4.74 Å². The maximum absolute atomic E-state index is 5.66. The van der Waals surface area contributed by atoms with Crippen molar-refractivity contribution in [3.63, 3.8) is 0 Å². The maximum atomic E-state index is 5.66. The lowest BCUT2D eigenvalue weighted by Gasteiger charge is -2.17. The summed E-state index contributed by atoms with van der Waals surface area (Å²) in [5.74, 6) is 4.21. The third kappa shape index (κ3) is 2.81. The Balaban J connectivity index is 1.91. The molecule has 2 unspecified atom stereocenters. The number of terminal acetylenes is 1. The summed E-state index contributed by atoms with van der Waals surface area (Å²) in [5.41, 5.74) is 1.32. The summed E-state index contributed by atoms with van der Waals surface area (Å²) in [6, 6.07) is 8.69. The molecule has 0 spiro atoms. The van der Waals surface area contributed by atoms with Crippen LogP contribution in [-0.4, -0.2) is 19.2 Å². The highest BCUT2D eigenvalue weighted by atomic mass is 16.5. The molecule has 0 saturated carbocycles. The van der Waals surface area contributed by atoms with Crippen molar-refractivity contribution in [2.75, 3.05) is 13.2 Å². The highest BCUT2D eigenvalue weighted by molar-refractivity contribution is 5.39. The van der Waals surface area contributed by atoms with Crippen molar-refractivity contribution in [1.82, 2.24) is 5.32 Å². The quantitative estimate of drug-likeness (QED) is 0.783. The normalized spacial score (nSPS) is 19.2. The van der Waals surface area contributed by atoms with Gasteiger partial charge < -0.3 is 10.1 Å². The van der Waals surface area contributed by atoms with Crippen LogP contribution in [0.4, 0.5) is 0 Å². The molecule has 0 aliphatic carbocycles. The number of hydrogen-bond donors (Lipinski definition) is 1. The minimum Gasteiger partial charge on any atom is -0.493 e. The lowest BCUT2D eigenvalue weighted by molar-refractivity contribution is 0.321. The molecule has 0 amide bonds. The number of nitrogens with one attached hydrogen (secondary N) is 1. The molecule has 1 aliphatic rings. The second-order valence-electron chi connectivity index (χ2n) is 4.47. The van der Waals surface area contributed by atoms with E-state index in [1.807, 2.05) is 12.1 Å². The van der Waals surface area contributed by atoms with Crippen LogP contribution >= 0.6 is 0 Å². The first-order valence-electron chi connectivity index (χ1n) is 6.23. The van der Waals surface area contributed by atoms with Crippen molar-refractivity contribution in [3.8, 4) is 18.1 Å². The van der Waals surface area contributed by atoms with Gasteiger partial charge in [-0.15, -0.1) is 12.3 Å². The van der Waals surface area contributed by atoms with E-state index >= 15 is 0 Å². The van der Waals surface area contributed by atoms with E-state index in [4.69, 9.17) is 11.2 Å². The van der Waals surface area contributed by atoms with Gasteiger partial charge in [0.2, 0.25) is 0 Å². The number of rotatable bonds is 5. The summed E-state index contributed by atoms with van der Waals surface area (Å²) >= 11 is 0. The van der Waals surface area contributed by atoms with Gasteiger partial charge in [-0.3, -0.25) is 0 Å². The van der Waals surface area contributed by atoms with E-state index in [1.165, 1.54) is 5.56 Å². The third-order valence-corrected chi connectivity index (χ3v) is 3.31. The molecule has 0 aromatic heterocycles. The van der Waals surface area contributed by atoms with E-state index in [2.05, 4.69) is 30.3 Å². The van der Waals surface area contributed by atoms with E-state index in [9.17, 15) is 0 Å². The summed E-state index contributed by atoms with van der Waals surface area (Å²) < 4.78 is 5.66. The minimum atomic E-state index is 0.424. The molecule has 2 atom stereocenters. The largest absolute Gasteiger partial charge is 0.493 e. The van der Waals surface area contributed by atoms with Crippen LogP contribution < -0.4 is 10.1 Å². The smallest absolute Gasteiger partial charge is 0.122 e. The zero-order chi connectivity index (χ0) is 12.1. The molecule has 1 N–H and O–H groups in total. The summed E-state index contributed by atoms with van der Waals surface area (Å²) in [4.78, 5) is 0. The van der Waals surface area contributed by atoms with Crippen LogP contribution in [0.1, 0.15) is 31.2 Å². The number of benzene rings is 1. The number of ether oxygens (including phenoxy) is 1. The highest BCUT2D eigenvalue weighted by Crippen LogP contribution is 2.32. The average Bonchev–Trinajstić information content (AvgIpc) is 2.78. The molecule has 2 nitrogen and oxygen atoms in total. The van der Waals surface area contributed by atoms with Crippen molar-refractivity contribution >= 4 is 0 Å². The number of hydrogen-bond acceptors (Lipinski definition) is 2. The van der Waals surface area contributed by atoms with Crippen LogP contribution in [0.3, 0.4) is 0 Å². The van der Waals surface area contributed by atoms with Crippen LogP contribution in [0.5, 0.6) is 5.75 Å². The maximum Gasteiger partial charge on any atom is 0.122 e. The average molecular weight is 229 g/mol. The van der Waals surface area contributed by atoms with Crippen LogP contribution in [-0.2, 0) is 0 Å². The molecule has 1 aliphatic heterocycles. The van der Waals surface area contributed by atoms with Gasteiger partial charge in [0.05, 0.1) is 6.61 Å². The summed E-state index contributed by atoms with van der Waals surface area (Å²) in [6.07, 6.45) is 7.22. The Morgan fingerprint density at radius 1 is 1.53 bits per heavy atom. The van der Waals surface area contributed by atoms with Gasteiger partial charge in [-0.25, -0.2) is 0 Å². The Kier molecular flexibility index (Phi) is 4.06. The lowest BCUT2D eigenvalue weighted by Crippen LogP contribution is -2.32. The van der Waals surface area contributed by atoms with Crippen molar-refractivity contribution in [3.05, 3.63) is 29.8 Å². The molecular formula is C15H19NO. The SMILES string of the molecule is C#CCC(CC)NCC1COc2ccccc21. The topological polar surface area (TPSA) is 21.3 Å². The van der Waals surface area contributed by atoms with Crippen LogP contribution in [0.15, 0.2) is 24.3 Å². The monoisotopic (exact) mass is 229 g/mol. The first-order chi connectivity index (χ1) is 8.35. The van der Waals surface area contributed by atoms with Gasteiger partial charge in [-0.1, -0.05) is 25.1 Å². The molecule has 1 heterocycles. The van der Waals surface area contributed by atoms with Crippen LogP contribution in [0.2, 0.25) is 0 Å². The highest BCUT2D eigenvalue weighted by Gasteiger charge is 2.23. The molecule has 90 valence electrons. The molecule has 0 fully saturated rings. The van der Waals surface area contributed by atoms with Gasteiger partial charge >= 0.3 is 0 Å². The molecule has 1 aromatic rings. The van der Waals surface area contributed by atoms with E-state index in [0.717, 1.165) is 31.7 Å². The molecule has 2 heteroatoms. The van der Waals surface area contributed by atoms with Gasteiger partial charge in [0, 0.05) is 30.5 Å². The zero-order valence-electron chi connectivity index (χ0n) is 10.3. The first-order valence-corrected chi connectivity index (χ1v) is 6.23.